The predicted octanol–water partition coefficient (Wildman–Crippen LogP) is 13.7. The summed E-state index contributed by atoms with van der Waals surface area (Å²) in [6.07, 6.45) is 0. The molecular formula is C50H36. The molecule has 0 heterocycles. The van der Waals surface area contributed by atoms with Gasteiger partial charge in [0.15, 0.2) is 0 Å². The number of hydrogen-bond donors (Lipinski definition) is 0. The highest BCUT2D eigenvalue weighted by Gasteiger charge is 2.42. The fraction of sp³-hybridized carbons (Fsp3) is 0.120. The van der Waals surface area contributed by atoms with Crippen molar-refractivity contribution < 1.29 is 0 Å². The van der Waals surface area contributed by atoms with Gasteiger partial charge in [-0.25, -0.2) is 0 Å². The molecule has 0 aliphatic heterocycles. The summed E-state index contributed by atoms with van der Waals surface area (Å²) in [6.45, 7) is 9.62. The van der Waals surface area contributed by atoms with Gasteiger partial charge in [0.05, 0.1) is 0 Å². The Bertz CT molecular complexity index is 2910. The van der Waals surface area contributed by atoms with Gasteiger partial charge in [-0.3, -0.25) is 0 Å². The molecule has 0 radical (unpaired) electrons. The van der Waals surface area contributed by atoms with Crippen molar-refractivity contribution in [1.82, 2.24) is 0 Å². The number of benzene rings is 9. The second-order valence-corrected chi connectivity index (χ2v) is 15.7. The molecule has 0 saturated carbocycles. The van der Waals surface area contributed by atoms with E-state index in [9.17, 15) is 0 Å². The third-order valence-corrected chi connectivity index (χ3v) is 12.4. The topological polar surface area (TPSA) is 0 Å². The lowest BCUT2D eigenvalue weighted by Crippen LogP contribution is -2.18. The van der Waals surface area contributed by atoms with Crippen LogP contribution < -0.4 is 0 Å². The summed E-state index contributed by atoms with van der Waals surface area (Å²) in [7, 11) is 0. The van der Waals surface area contributed by atoms with Gasteiger partial charge in [-0.2, -0.15) is 0 Å². The average Bonchev–Trinajstić information content (AvgIpc) is 3.52. The standard InChI is InChI=1S/C50H36/c1-49(2)42-14-8-7-12-36(42)40-27-41-45(28-44(40)49)50(3,4)43-15-9-13-37(48(41)43)35-23-19-31-20-24-38-34(22-18-30-21-25-39(35)47(31)46(30)38)33-17-16-29-10-5-6-11-32(29)26-33/h5-28H,1-4H3. The fourth-order valence-corrected chi connectivity index (χ4v) is 9.85. The van der Waals surface area contributed by atoms with Crippen LogP contribution in [0.25, 0.3) is 87.6 Å². The fourth-order valence-electron chi connectivity index (χ4n) is 9.85. The molecule has 11 rings (SSSR count). The Morgan fingerprint density at radius 3 is 1.70 bits per heavy atom. The minimum Gasteiger partial charge on any atom is -0.0619 e. The highest BCUT2D eigenvalue weighted by molar-refractivity contribution is 6.28. The molecule has 0 bridgehead atoms. The third-order valence-electron chi connectivity index (χ3n) is 12.4. The first-order valence-electron chi connectivity index (χ1n) is 17.9. The van der Waals surface area contributed by atoms with E-state index >= 15 is 0 Å². The molecule has 0 amide bonds. The zero-order valence-corrected chi connectivity index (χ0v) is 28.9. The smallest absolute Gasteiger partial charge is 0.0159 e. The maximum atomic E-state index is 2.55. The highest BCUT2D eigenvalue weighted by Crippen LogP contribution is 2.58. The van der Waals surface area contributed by atoms with Crippen molar-refractivity contribution in [3.8, 4) is 44.5 Å². The van der Waals surface area contributed by atoms with Crippen molar-refractivity contribution >= 4 is 43.1 Å². The van der Waals surface area contributed by atoms with E-state index in [0.717, 1.165) is 0 Å². The molecule has 2 aliphatic rings. The van der Waals surface area contributed by atoms with Crippen LogP contribution in [0.5, 0.6) is 0 Å². The van der Waals surface area contributed by atoms with Gasteiger partial charge in [0, 0.05) is 10.8 Å². The lowest BCUT2D eigenvalue weighted by molar-refractivity contribution is 0.639. The molecule has 50 heavy (non-hydrogen) atoms. The first-order chi connectivity index (χ1) is 24.3. The first kappa shape index (κ1) is 28.2. The van der Waals surface area contributed by atoms with E-state index in [2.05, 4.69) is 173 Å². The molecule has 9 aromatic carbocycles. The van der Waals surface area contributed by atoms with Crippen molar-refractivity contribution in [2.45, 2.75) is 38.5 Å². The average molecular weight is 637 g/mol. The summed E-state index contributed by atoms with van der Waals surface area (Å²) in [5.41, 5.74) is 16.4. The summed E-state index contributed by atoms with van der Waals surface area (Å²) < 4.78 is 0. The lowest BCUT2D eigenvalue weighted by Gasteiger charge is -2.25. The number of hydrogen-bond acceptors (Lipinski definition) is 0. The molecule has 2 aliphatic carbocycles. The third kappa shape index (κ3) is 3.51. The molecule has 0 saturated heterocycles. The maximum absolute atomic E-state index is 2.55. The minimum atomic E-state index is -0.0981. The van der Waals surface area contributed by atoms with E-state index in [-0.39, 0.29) is 10.8 Å². The quantitative estimate of drug-likeness (QED) is 0.166. The molecule has 236 valence electrons. The molecule has 0 aromatic heterocycles. The van der Waals surface area contributed by atoms with Gasteiger partial charge in [-0.05, 0) is 122 Å². The first-order valence-corrected chi connectivity index (χ1v) is 17.9. The number of fused-ring (bicyclic) bond motifs is 7. The Hall–Kier alpha value is -5.72. The van der Waals surface area contributed by atoms with Gasteiger partial charge in [0.2, 0.25) is 0 Å². The van der Waals surface area contributed by atoms with Crippen molar-refractivity contribution in [2.24, 2.45) is 0 Å². The molecule has 0 N–H and O–H groups in total. The van der Waals surface area contributed by atoms with Crippen molar-refractivity contribution in [2.75, 3.05) is 0 Å². The second-order valence-electron chi connectivity index (χ2n) is 15.7. The van der Waals surface area contributed by atoms with Gasteiger partial charge >= 0.3 is 0 Å². The Morgan fingerprint density at radius 1 is 0.320 bits per heavy atom. The van der Waals surface area contributed by atoms with E-state index in [1.54, 1.807) is 0 Å². The predicted molar refractivity (Wildman–Crippen MR) is 214 cm³/mol. The van der Waals surface area contributed by atoms with E-state index in [4.69, 9.17) is 0 Å². The van der Waals surface area contributed by atoms with Crippen LogP contribution in [-0.2, 0) is 10.8 Å². The summed E-state index contributed by atoms with van der Waals surface area (Å²) in [4.78, 5) is 0. The normalized spacial score (nSPS) is 15.1. The van der Waals surface area contributed by atoms with Crippen LogP contribution in [0.4, 0.5) is 0 Å². The highest BCUT2D eigenvalue weighted by atomic mass is 14.4. The summed E-state index contributed by atoms with van der Waals surface area (Å²) >= 11 is 0. The van der Waals surface area contributed by atoms with Crippen LogP contribution in [-0.4, -0.2) is 0 Å². The van der Waals surface area contributed by atoms with E-state index < -0.39 is 0 Å². The Balaban J connectivity index is 1.17. The molecule has 0 nitrogen and oxygen atoms in total. The monoisotopic (exact) mass is 636 g/mol. The van der Waals surface area contributed by atoms with Crippen LogP contribution in [0, 0.1) is 0 Å². The van der Waals surface area contributed by atoms with Crippen molar-refractivity contribution in [3.05, 3.63) is 168 Å². The summed E-state index contributed by atoms with van der Waals surface area (Å²) in [5, 5.41) is 10.5. The van der Waals surface area contributed by atoms with Gasteiger partial charge in [-0.1, -0.05) is 161 Å². The van der Waals surface area contributed by atoms with Crippen LogP contribution in [0.15, 0.2) is 146 Å². The Morgan fingerprint density at radius 2 is 0.900 bits per heavy atom. The molecule has 0 spiro atoms. The molecule has 0 atom stereocenters. The van der Waals surface area contributed by atoms with E-state index in [1.165, 1.54) is 110 Å². The molecular weight excluding hydrogens is 601 g/mol. The molecule has 0 unspecified atom stereocenters. The van der Waals surface area contributed by atoms with Crippen molar-refractivity contribution in [3.63, 3.8) is 0 Å². The van der Waals surface area contributed by atoms with E-state index in [1.807, 2.05) is 0 Å². The maximum Gasteiger partial charge on any atom is 0.0159 e. The minimum absolute atomic E-state index is 0.0214. The zero-order valence-electron chi connectivity index (χ0n) is 28.9. The van der Waals surface area contributed by atoms with E-state index in [0.29, 0.717) is 0 Å². The van der Waals surface area contributed by atoms with Crippen LogP contribution in [0.3, 0.4) is 0 Å². The Kier molecular flexibility index (Phi) is 5.34. The zero-order chi connectivity index (χ0) is 33.5. The van der Waals surface area contributed by atoms with Crippen LogP contribution in [0.1, 0.15) is 49.9 Å². The van der Waals surface area contributed by atoms with Gasteiger partial charge in [-0.15, -0.1) is 0 Å². The molecule has 9 aromatic rings. The lowest BCUT2D eigenvalue weighted by atomic mass is 9.77. The number of rotatable bonds is 2. The molecule has 0 fully saturated rings. The van der Waals surface area contributed by atoms with Gasteiger partial charge in [0.25, 0.3) is 0 Å². The largest absolute Gasteiger partial charge is 0.0619 e. The Labute approximate surface area is 293 Å². The molecule has 0 heteroatoms. The SMILES string of the molecule is CC1(C)c2ccccc2-c2cc3c(cc21)C(C)(C)c1cccc(-c2ccc4ccc5c(-c6ccc7ccccc7c6)ccc6ccc2c4c65)c1-3. The summed E-state index contributed by atoms with van der Waals surface area (Å²) in [6, 6.07) is 55.4. The summed E-state index contributed by atoms with van der Waals surface area (Å²) in [5.74, 6) is 0. The van der Waals surface area contributed by atoms with Gasteiger partial charge < -0.3 is 0 Å². The van der Waals surface area contributed by atoms with Crippen molar-refractivity contribution in [1.29, 1.82) is 0 Å². The van der Waals surface area contributed by atoms with Crippen LogP contribution >= 0.6 is 0 Å². The second kappa shape index (κ2) is 9.49. The van der Waals surface area contributed by atoms with Crippen LogP contribution in [0.2, 0.25) is 0 Å². The van der Waals surface area contributed by atoms with Gasteiger partial charge in [0.1, 0.15) is 0 Å².